The molecule has 0 bridgehead atoms. The third-order valence-corrected chi connectivity index (χ3v) is 8.35. The second-order valence-corrected chi connectivity index (χ2v) is 12.2. The number of ether oxygens (including phenoxy) is 1. The summed E-state index contributed by atoms with van der Waals surface area (Å²) in [5, 5.41) is 13.9. The summed E-state index contributed by atoms with van der Waals surface area (Å²) in [6.07, 6.45) is 20.1. The molecule has 3 N–H and O–H groups in total. The molecule has 2 atom stereocenters. The van der Waals surface area contributed by atoms with E-state index in [1.54, 1.807) is 0 Å². The summed E-state index contributed by atoms with van der Waals surface area (Å²) in [7, 11) is -4.84. The van der Waals surface area contributed by atoms with Gasteiger partial charge in [-0.2, -0.15) is 8.42 Å². The zero-order chi connectivity index (χ0) is 25.5. The summed E-state index contributed by atoms with van der Waals surface area (Å²) < 4.78 is 35.1. The summed E-state index contributed by atoms with van der Waals surface area (Å²) in [5.74, 6) is -3.50. The van der Waals surface area contributed by atoms with Crippen LogP contribution < -0.4 is 0 Å². The van der Waals surface area contributed by atoms with E-state index in [1.807, 2.05) is 0 Å². The second-order valence-electron chi connectivity index (χ2n) is 8.63. The van der Waals surface area contributed by atoms with Crippen LogP contribution in [0.4, 0.5) is 0 Å². The molecule has 10 heteroatoms. The van der Waals surface area contributed by atoms with E-state index in [4.69, 9.17) is 19.5 Å². The van der Waals surface area contributed by atoms with Gasteiger partial charge < -0.3 is 10.2 Å². The van der Waals surface area contributed by atoms with Gasteiger partial charge in [0, 0.05) is 0 Å². The number of carboxylic acids is 2. The van der Waals surface area contributed by atoms with Gasteiger partial charge in [-0.1, -0.05) is 39.0 Å². The first-order valence-electron chi connectivity index (χ1n) is 12.6. The molecule has 192 valence electrons. The molecule has 0 amide bonds. The third kappa shape index (κ3) is 26.9. The van der Waals surface area contributed by atoms with Crippen molar-refractivity contribution in [3.63, 3.8) is 0 Å². The van der Waals surface area contributed by atoms with Crippen molar-refractivity contribution in [3.8, 4) is 0 Å². The van der Waals surface area contributed by atoms with Crippen LogP contribution in [0.5, 0.6) is 0 Å². The van der Waals surface area contributed by atoms with Gasteiger partial charge in [-0.15, -0.1) is 0 Å². The fraction of sp³-hybridized carbons (Fsp3) is 0.913. The molecule has 8 nitrogen and oxygen atoms in total. The molecule has 0 saturated heterocycles. The zero-order valence-corrected chi connectivity index (χ0v) is 24.9. The van der Waals surface area contributed by atoms with Crippen LogP contribution in [0, 0.1) is 0 Å². The fourth-order valence-electron chi connectivity index (χ4n) is 3.18. The Kier molecular flexibility index (Phi) is 26.1. The number of hydrogen-bond acceptors (Lipinski definition) is 5. The predicted molar refractivity (Wildman–Crippen MR) is 131 cm³/mol. The van der Waals surface area contributed by atoms with Gasteiger partial charge in [-0.05, 0) is 0 Å². The Morgan fingerprint density at radius 1 is 0.788 bits per heavy atom. The quantitative estimate of drug-likeness (QED) is 0.107. The molecule has 0 aromatic heterocycles. The maximum absolute atomic E-state index is 10.2. The number of rotatable bonds is 21. The number of carbonyl (C=O) groups is 2. The standard InChI is InChI=1S/C19H39O.C4H6O7S.K/c1-3-5-6-7-8-9-10-11-12-13-14-15-16-17-19-20-18-4-2;5-3(6)1-2(4(7)8)12(9,10)11;/h18H,3-17,19H2,1-2H3;2H,1H2,(H,5,6)(H,7,8)(H,9,10,11);. The van der Waals surface area contributed by atoms with Gasteiger partial charge in [-0.3, -0.25) is 14.1 Å². The molecule has 0 aromatic rings. The number of aliphatic carboxylic acids is 2. The van der Waals surface area contributed by atoms with Crippen LogP contribution in [-0.2, 0) is 24.4 Å². The molecule has 0 aromatic carbocycles. The summed E-state index contributed by atoms with van der Waals surface area (Å²) in [5.41, 5.74) is 0. The number of carboxylic acid groups (broad SMARTS) is 2. The third-order valence-electron chi connectivity index (χ3n) is 5.47. The van der Waals surface area contributed by atoms with Crippen molar-refractivity contribution in [2.45, 2.75) is 122 Å². The molecule has 2 unspecified atom stereocenters. The van der Waals surface area contributed by atoms with Crippen LogP contribution >= 0.6 is 0 Å². The molecule has 0 aliphatic carbocycles. The van der Waals surface area contributed by atoms with Crippen molar-refractivity contribution in [2.75, 3.05) is 6.61 Å². The van der Waals surface area contributed by atoms with Crippen molar-refractivity contribution >= 4 is 71.0 Å². The molecule has 0 aliphatic heterocycles. The van der Waals surface area contributed by atoms with E-state index in [0.717, 1.165) is 55.6 Å². The molecular formula is C23H45KO8S. The van der Waals surface area contributed by atoms with Crippen molar-refractivity contribution < 1.29 is 37.5 Å². The predicted octanol–water partition coefficient (Wildman–Crippen LogP) is 5.19. The van der Waals surface area contributed by atoms with E-state index in [-0.39, 0.29) is 0 Å². The molecule has 0 radical (unpaired) electrons. The SMILES string of the molecule is CCCCCCCCCCCCCCCCO[CH]([K])CC.O=C(O)CC(C(=O)O)S(=O)(=O)O. The van der Waals surface area contributed by atoms with Crippen molar-refractivity contribution in [2.24, 2.45) is 0 Å². The number of hydrogen-bond donors (Lipinski definition) is 3. The Balaban J connectivity index is 0. The van der Waals surface area contributed by atoms with Gasteiger partial charge in [-0.25, -0.2) is 0 Å². The molecule has 33 heavy (non-hydrogen) atoms. The monoisotopic (exact) mass is 520 g/mol. The van der Waals surface area contributed by atoms with Gasteiger partial charge in [0.25, 0.3) is 10.1 Å². The van der Waals surface area contributed by atoms with E-state index >= 15 is 0 Å². The Morgan fingerprint density at radius 2 is 1.18 bits per heavy atom. The maximum Gasteiger partial charge on any atom is 0.325 e. The van der Waals surface area contributed by atoms with Crippen LogP contribution in [0.2, 0.25) is 0 Å². The largest absolute Gasteiger partial charge is 0.481 e. The molecule has 0 saturated carbocycles. The molecule has 0 rings (SSSR count). The molecule has 0 heterocycles. The Hall–Kier alpha value is 0.446. The van der Waals surface area contributed by atoms with Crippen LogP contribution in [0.25, 0.3) is 0 Å². The van der Waals surface area contributed by atoms with Crippen LogP contribution in [-0.4, -0.2) is 96.1 Å². The van der Waals surface area contributed by atoms with E-state index in [2.05, 4.69) is 13.8 Å². The van der Waals surface area contributed by atoms with E-state index in [9.17, 15) is 18.0 Å². The zero-order valence-electron chi connectivity index (χ0n) is 21.0. The molecule has 0 aliphatic rings. The van der Waals surface area contributed by atoms with Crippen LogP contribution in [0.1, 0.15) is 117 Å². The van der Waals surface area contributed by atoms with Gasteiger partial charge in [0.2, 0.25) is 0 Å². The van der Waals surface area contributed by atoms with Crippen molar-refractivity contribution in [3.05, 3.63) is 0 Å². The minimum Gasteiger partial charge on any atom is -0.481 e. The second kappa shape index (κ2) is 24.2. The van der Waals surface area contributed by atoms with E-state index < -0.39 is 33.7 Å². The van der Waals surface area contributed by atoms with Crippen molar-refractivity contribution in [1.82, 2.24) is 0 Å². The maximum atomic E-state index is 10.2. The Morgan fingerprint density at radius 3 is 1.45 bits per heavy atom. The summed E-state index contributed by atoms with van der Waals surface area (Å²) in [4.78, 5) is 20.0. The minimum atomic E-state index is -4.84. The van der Waals surface area contributed by atoms with Gasteiger partial charge in [0.1, 0.15) is 0 Å². The first-order valence-corrected chi connectivity index (χ1v) is 15.9. The topological polar surface area (TPSA) is 138 Å². The first-order chi connectivity index (χ1) is 15.6. The van der Waals surface area contributed by atoms with Crippen LogP contribution in [0.15, 0.2) is 0 Å². The van der Waals surface area contributed by atoms with Gasteiger partial charge >= 0.3 is 144 Å². The Labute approximate surface area is 235 Å². The van der Waals surface area contributed by atoms with Gasteiger partial charge in [0.05, 0.1) is 6.42 Å². The Bertz CT molecular complexity index is 583. The summed E-state index contributed by atoms with van der Waals surface area (Å²) in [6, 6.07) is 0. The van der Waals surface area contributed by atoms with E-state index in [0.29, 0.717) is 0.199 Å². The molecule has 0 spiro atoms. The fourth-order valence-corrected chi connectivity index (χ4v) is 4.15. The summed E-state index contributed by atoms with van der Waals surface area (Å²) >= 11 is 0.845. The molecular weight excluding hydrogens is 475 g/mol. The summed E-state index contributed by atoms with van der Waals surface area (Å²) in [6.45, 7) is 5.54. The first kappa shape index (κ1) is 35.6. The van der Waals surface area contributed by atoms with E-state index in [1.165, 1.54) is 96.3 Å². The van der Waals surface area contributed by atoms with Gasteiger partial charge in [0.15, 0.2) is 5.25 Å². The normalized spacial score (nSPS) is 13.1. The average Bonchev–Trinajstić information content (AvgIpc) is 2.74. The number of unbranched alkanes of at least 4 members (excludes halogenated alkanes) is 13. The minimum absolute atomic E-state index is 0.638. The van der Waals surface area contributed by atoms with Crippen molar-refractivity contribution in [1.29, 1.82) is 0 Å². The average molecular weight is 521 g/mol. The smallest absolute Gasteiger partial charge is 0.325 e. The van der Waals surface area contributed by atoms with Crippen LogP contribution in [0.3, 0.4) is 0 Å². The molecule has 0 fully saturated rings.